The van der Waals surface area contributed by atoms with E-state index in [4.69, 9.17) is 4.74 Å². The lowest BCUT2D eigenvalue weighted by Gasteiger charge is -2.26. The van der Waals surface area contributed by atoms with Gasteiger partial charge in [0, 0.05) is 6.42 Å². The second-order valence-electron chi connectivity index (χ2n) is 5.02. The standard InChI is InChI=1S/C12H18NO/c1-13(2,3)9-11-8-10-6-4-5-7-12(10)14-11/h4-7,11H,8-9H2,1-3H3/q+1/t11-/m1/s1. The van der Waals surface area contributed by atoms with E-state index in [9.17, 15) is 0 Å². The molecule has 1 atom stereocenters. The molecule has 76 valence electrons. The van der Waals surface area contributed by atoms with Crippen LogP contribution in [0.3, 0.4) is 0 Å². The van der Waals surface area contributed by atoms with Gasteiger partial charge in [-0.3, -0.25) is 0 Å². The molecule has 1 aliphatic heterocycles. The summed E-state index contributed by atoms with van der Waals surface area (Å²) in [5.74, 6) is 1.07. The molecule has 2 heteroatoms. The summed E-state index contributed by atoms with van der Waals surface area (Å²) >= 11 is 0. The van der Waals surface area contributed by atoms with Gasteiger partial charge in [0.05, 0.1) is 21.1 Å². The average Bonchev–Trinajstić information content (AvgIpc) is 2.42. The zero-order chi connectivity index (χ0) is 10.2. The molecule has 1 aromatic carbocycles. The quantitative estimate of drug-likeness (QED) is 0.648. The largest absolute Gasteiger partial charge is 0.484 e. The maximum absolute atomic E-state index is 5.87. The molecule has 14 heavy (non-hydrogen) atoms. The Balaban J connectivity index is 2.05. The molecule has 0 unspecified atom stereocenters. The van der Waals surface area contributed by atoms with Gasteiger partial charge < -0.3 is 9.22 Å². The van der Waals surface area contributed by atoms with Gasteiger partial charge in [-0.15, -0.1) is 0 Å². The van der Waals surface area contributed by atoms with E-state index in [1.807, 2.05) is 6.07 Å². The predicted molar refractivity (Wildman–Crippen MR) is 57.5 cm³/mol. The molecule has 0 fully saturated rings. The van der Waals surface area contributed by atoms with Gasteiger partial charge in [-0.2, -0.15) is 0 Å². The fraction of sp³-hybridized carbons (Fsp3) is 0.500. The Morgan fingerprint density at radius 3 is 2.64 bits per heavy atom. The molecular formula is C12H18NO+. The molecular weight excluding hydrogens is 174 g/mol. The van der Waals surface area contributed by atoms with Crippen LogP contribution in [0.15, 0.2) is 24.3 Å². The van der Waals surface area contributed by atoms with Gasteiger partial charge in [0.2, 0.25) is 0 Å². The molecule has 2 nitrogen and oxygen atoms in total. The van der Waals surface area contributed by atoms with Crippen LogP contribution in [-0.4, -0.2) is 38.3 Å². The molecule has 0 bridgehead atoms. The van der Waals surface area contributed by atoms with E-state index in [0.29, 0.717) is 6.10 Å². The zero-order valence-electron chi connectivity index (χ0n) is 9.16. The van der Waals surface area contributed by atoms with Crippen LogP contribution >= 0.6 is 0 Å². The van der Waals surface area contributed by atoms with E-state index >= 15 is 0 Å². The van der Waals surface area contributed by atoms with Crippen LogP contribution in [0.1, 0.15) is 5.56 Å². The molecule has 0 saturated heterocycles. The Morgan fingerprint density at radius 2 is 2.00 bits per heavy atom. The normalized spacial score (nSPS) is 20.4. The number of ether oxygens (including phenoxy) is 1. The second kappa shape index (κ2) is 3.28. The Morgan fingerprint density at radius 1 is 1.29 bits per heavy atom. The molecule has 0 spiro atoms. The van der Waals surface area contributed by atoms with Gasteiger partial charge in [0.15, 0.2) is 6.10 Å². The van der Waals surface area contributed by atoms with E-state index in [1.54, 1.807) is 0 Å². The summed E-state index contributed by atoms with van der Waals surface area (Å²) in [4.78, 5) is 0. The number of likely N-dealkylation sites (N-methyl/N-ethyl adjacent to an activating group) is 1. The van der Waals surface area contributed by atoms with Gasteiger partial charge in [-0.25, -0.2) is 0 Å². The third-order valence-corrected chi connectivity index (χ3v) is 2.47. The molecule has 0 amide bonds. The molecule has 1 aromatic rings. The van der Waals surface area contributed by atoms with E-state index < -0.39 is 0 Å². The first-order chi connectivity index (χ1) is 6.54. The minimum atomic E-state index is 0.354. The van der Waals surface area contributed by atoms with Crippen molar-refractivity contribution in [2.75, 3.05) is 27.7 Å². The van der Waals surface area contributed by atoms with Crippen LogP contribution in [0.4, 0.5) is 0 Å². The Kier molecular flexibility index (Phi) is 2.23. The van der Waals surface area contributed by atoms with Crippen molar-refractivity contribution in [2.24, 2.45) is 0 Å². The number of quaternary nitrogens is 1. The fourth-order valence-corrected chi connectivity index (χ4v) is 1.97. The van der Waals surface area contributed by atoms with Crippen LogP contribution < -0.4 is 4.74 Å². The smallest absolute Gasteiger partial charge is 0.151 e. The van der Waals surface area contributed by atoms with Crippen LogP contribution in [-0.2, 0) is 6.42 Å². The van der Waals surface area contributed by atoms with Gasteiger partial charge in [-0.05, 0) is 11.6 Å². The minimum absolute atomic E-state index is 0.354. The summed E-state index contributed by atoms with van der Waals surface area (Å²) in [6.07, 6.45) is 1.42. The summed E-state index contributed by atoms with van der Waals surface area (Å²) in [6, 6.07) is 8.33. The first-order valence-corrected chi connectivity index (χ1v) is 5.10. The minimum Gasteiger partial charge on any atom is -0.484 e. The first kappa shape index (κ1) is 9.53. The molecule has 0 saturated carbocycles. The highest BCUT2D eigenvalue weighted by Gasteiger charge is 2.27. The van der Waals surface area contributed by atoms with Crippen molar-refractivity contribution in [3.8, 4) is 5.75 Å². The SMILES string of the molecule is C[N+](C)(C)C[C@H]1Cc2ccccc2O1. The van der Waals surface area contributed by atoms with Gasteiger partial charge in [-0.1, -0.05) is 18.2 Å². The van der Waals surface area contributed by atoms with Crippen LogP contribution in [0, 0.1) is 0 Å². The van der Waals surface area contributed by atoms with E-state index in [2.05, 4.69) is 39.3 Å². The molecule has 1 heterocycles. The highest BCUT2D eigenvalue weighted by Crippen LogP contribution is 2.28. The van der Waals surface area contributed by atoms with Crippen molar-refractivity contribution in [3.63, 3.8) is 0 Å². The number of hydrogen-bond acceptors (Lipinski definition) is 1. The van der Waals surface area contributed by atoms with Crippen molar-refractivity contribution in [1.82, 2.24) is 0 Å². The predicted octanol–water partition coefficient (Wildman–Crippen LogP) is 1.70. The molecule has 0 aliphatic carbocycles. The van der Waals surface area contributed by atoms with Crippen LogP contribution in [0.2, 0.25) is 0 Å². The van der Waals surface area contributed by atoms with Crippen molar-refractivity contribution in [2.45, 2.75) is 12.5 Å². The summed E-state index contributed by atoms with van der Waals surface area (Å²) in [7, 11) is 6.60. The molecule has 0 N–H and O–H groups in total. The highest BCUT2D eigenvalue weighted by molar-refractivity contribution is 5.37. The van der Waals surface area contributed by atoms with E-state index in [0.717, 1.165) is 23.2 Å². The van der Waals surface area contributed by atoms with Gasteiger partial charge in [0.25, 0.3) is 0 Å². The summed E-state index contributed by atoms with van der Waals surface area (Å²) in [5, 5.41) is 0. The lowest BCUT2D eigenvalue weighted by atomic mass is 10.1. The van der Waals surface area contributed by atoms with Gasteiger partial charge in [0.1, 0.15) is 12.3 Å². The molecule has 0 radical (unpaired) electrons. The van der Waals surface area contributed by atoms with Crippen LogP contribution in [0.5, 0.6) is 5.75 Å². The Hall–Kier alpha value is -1.02. The lowest BCUT2D eigenvalue weighted by Crippen LogP contribution is -2.43. The third-order valence-electron chi connectivity index (χ3n) is 2.47. The van der Waals surface area contributed by atoms with Crippen molar-refractivity contribution >= 4 is 0 Å². The van der Waals surface area contributed by atoms with Gasteiger partial charge >= 0.3 is 0 Å². The fourth-order valence-electron chi connectivity index (χ4n) is 1.97. The van der Waals surface area contributed by atoms with E-state index in [-0.39, 0.29) is 0 Å². The topological polar surface area (TPSA) is 9.23 Å². The number of nitrogens with zero attached hydrogens (tertiary/aromatic N) is 1. The number of rotatable bonds is 2. The van der Waals surface area contributed by atoms with Crippen molar-refractivity contribution in [1.29, 1.82) is 0 Å². The summed E-state index contributed by atoms with van der Waals surface area (Å²) in [5.41, 5.74) is 1.35. The average molecular weight is 192 g/mol. The summed E-state index contributed by atoms with van der Waals surface area (Å²) < 4.78 is 6.82. The van der Waals surface area contributed by atoms with Crippen molar-refractivity contribution < 1.29 is 9.22 Å². The Bertz CT molecular complexity index is 302. The number of hydrogen-bond donors (Lipinski definition) is 0. The first-order valence-electron chi connectivity index (χ1n) is 5.10. The van der Waals surface area contributed by atoms with E-state index in [1.165, 1.54) is 5.56 Å². The highest BCUT2D eigenvalue weighted by atomic mass is 16.5. The zero-order valence-corrected chi connectivity index (χ0v) is 9.16. The number of benzene rings is 1. The molecule has 0 aromatic heterocycles. The third kappa shape index (κ3) is 2.07. The molecule has 2 rings (SSSR count). The van der Waals surface area contributed by atoms with Crippen molar-refractivity contribution in [3.05, 3.63) is 29.8 Å². The lowest BCUT2D eigenvalue weighted by molar-refractivity contribution is -0.873. The maximum Gasteiger partial charge on any atom is 0.151 e. The number of para-hydroxylation sites is 1. The monoisotopic (exact) mass is 192 g/mol. The second-order valence-corrected chi connectivity index (χ2v) is 5.02. The maximum atomic E-state index is 5.87. The van der Waals surface area contributed by atoms with Crippen LogP contribution in [0.25, 0.3) is 0 Å². The number of fused-ring (bicyclic) bond motifs is 1. The molecule has 1 aliphatic rings. The summed E-state index contributed by atoms with van der Waals surface area (Å²) in [6.45, 7) is 1.06. The Labute approximate surface area is 85.7 Å².